The van der Waals surface area contributed by atoms with Gasteiger partial charge in [-0.05, 0) is 51.2 Å². The van der Waals surface area contributed by atoms with Crippen LogP contribution in [-0.4, -0.2) is 19.5 Å². The van der Waals surface area contributed by atoms with Crippen molar-refractivity contribution in [3.8, 4) is 39.6 Å². The van der Waals surface area contributed by atoms with Gasteiger partial charge in [-0.15, -0.1) is 0 Å². The molecule has 0 saturated carbocycles. The molecule has 9 rings (SSSR count). The molecule has 0 radical (unpaired) electrons. The van der Waals surface area contributed by atoms with E-state index in [-0.39, 0.29) is 5.41 Å². The second-order valence-corrected chi connectivity index (χ2v) is 12.1. The average molecular weight is 565 g/mol. The van der Waals surface area contributed by atoms with Crippen LogP contribution in [0.5, 0.6) is 0 Å². The van der Waals surface area contributed by atoms with E-state index in [1.54, 1.807) is 0 Å². The van der Waals surface area contributed by atoms with E-state index in [2.05, 4.69) is 128 Å². The first-order chi connectivity index (χ1) is 21.6. The monoisotopic (exact) mass is 564 g/mol. The van der Waals surface area contributed by atoms with Crippen LogP contribution in [-0.2, 0) is 5.41 Å². The van der Waals surface area contributed by atoms with Crippen molar-refractivity contribution in [1.82, 2.24) is 19.5 Å². The van der Waals surface area contributed by atoms with Crippen molar-refractivity contribution in [2.24, 2.45) is 0 Å². The second kappa shape index (κ2) is 9.19. The van der Waals surface area contributed by atoms with Crippen LogP contribution in [0, 0.1) is 0 Å². The first kappa shape index (κ1) is 24.9. The Morgan fingerprint density at radius 1 is 0.591 bits per heavy atom. The summed E-state index contributed by atoms with van der Waals surface area (Å²) in [6, 6.07) is 44.7. The topological polar surface area (TPSA) is 43.6 Å². The molecule has 0 aliphatic heterocycles. The zero-order chi connectivity index (χ0) is 29.4. The van der Waals surface area contributed by atoms with Gasteiger partial charge in [0.05, 0.1) is 16.9 Å². The van der Waals surface area contributed by atoms with Gasteiger partial charge in [-0.3, -0.25) is 4.57 Å². The summed E-state index contributed by atoms with van der Waals surface area (Å²) in [5.74, 6) is 0.619. The van der Waals surface area contributed by atoms with Crippen molar-refractivity contribution >= 4 is 32.7 Å². The molecule has 0 unspecified atom stereocenters. The Labute approximate surface area is 255 Å². The van der Waals surface area contributed by atoms with Gasteiger partial charge in [-0.2, -0.15) is 0 Å². The van der Waals surface area contributed by atoms with Gasteiger partial charge >= 0.3 is 0 Å². The molecule has 44 heavy (non-hydrogen) atoms. The number of rotatable bonds is 3. The Morgan fingerprint density at radius 3 is 1.89 bits per heavy atom. The number of pyridine rings is 1. The maximum absolute atomic E-state index is 5.29. The molecule has 1 aliphatic rings. The van der Waals surface area contributed by atoms with E-state index in [1.807, 2.05) is 24.4 Å². The summed E-state index contributed by atoms with van der Waals surface area (Å²) < 4.78 is 2.22. The fourth-order valence-electron chi connectivity index (χ4n) is 7.31. The predicted octanol–water partition coefficient (Wildman–Crippen LogP) is 9.76. The highest BCUT2D eigenvalue weighted by Gasteiger charge is 2.40. The van der Waals surface area contributed by atoms with Crippen molar-refractivity contribution < 1.29 is 0 Å². The fourth-order valence-corrected chi connectivity index (χ4v) is 7.31. The molecule has 208 valence electrons. The molecule has 8 aromatic rings. The van der Waals surface area contributed by atoms with Gasteiger partial charge in [0.15, 0.2) is 0 Å². The van der Waals surface area contributed by atoms with E-state index in [9.17, 15) is 0 Å². The van der Waals surface area contributed by atoms with E-state index >= 15 is 0 Å². The van der Waals surface area contributed by atoms with Crippen LogP contribution < -0.4 is 0 Å². The van der Waals surface area contributed by atoms with Crippen LogP contribution in [0.25, 0.3) is 72.3 Å². The van der Waals surface area contributed by atoms with Gasteiger partial charge in [0, 0.05) is 33.5 Å². The van der Waals surface area contributed by atoms with Crippen LogP contribution in [0.2, 0.25) is 0 Å². The molecular weight excluding hydrogens is 536 g/mol. The third-order valence-electron chi connectivity index (χ3n) is 9.23. The maximum atomic E-state index is 5.29. The van der Waals surface area contributed by atoms with Gasteiger partial charge in [-0.25, -0.2) is 15.0 Å². The predicted molar refractivity (Wildman–Crippen MR) is 180 cm³/mol. The SMILES string of the molecule is CC1(C)c2ccccc2-c2c1c1c(c3ccccc23)c2cccnc2n1-c1nc(-c2ccccc2)cc(-c2ccccc2)n1. The molecule has 5 aromatic carbocycles. The van der Waals surface area contributed by atoms with Crippen molar-refractivity contribution in [2.75, 3.05) is 0 Å². The van der Waals surface area contributed by atoms with E-state index < -0.39 is 0 Å². The van der Waals surface area contributed by atoms with Gasteiger partial charge in [-0.1, -0.05) is 123 Å². The maximum Gasteiger partial charge on any atom is 0.237 e. The van der Waals surface area contributed by atoms with Gasteiger partial charge in [0.2, 0.25) is 5.95 Å². The molecule has 0 saturated heterocycles. The van der Waals surface area contributed by atoms with E-state index in [0.717, 1.165) is 39.1 Å². The summed E-state index contributed by atoms with van der Waals surface area (Å²) in [5, 5.41) is 4.77. The van der Waals surface area contributed by atoms with E-state index in [4.69, 9.17) is 15.0 Å². The Balaban J connectivity index is 1.49. The van der Waals surface area contributed by atoms with Gasteiger partial charge in [0.25, 0.3) is 0 Å². The quantitative estimate of drug-likeness (QED) is 0.215. The third kappa shape index (κ3) is 3.42. The Hall–Kier alpha value is -5.61. The highest BCUT2D eigenvalue weighted by Crippen LogP contribution is 2.56. The number of fused-ring (bicyclic) bond motifs is 10. The van der Waals surface area contributed by atoms with Crippen molar-refractivity contribution in [3.63, 3.8) is 0 Å². The minimum absolute atomic E-state index is 0.250. The van der Waals surface area contributed by atoms with Gasteiger partial charge < -0.3 is 0 Å². The molecule has 0 spiro atoms. The first-order valence-electron chi connectivity index (χ1n) is 15.1. The standard InChI is InChI=1S/C40H28N4/c1-40(2)31-22-12-11-20-29(31)34-27-18-9-10-19-28(27)35-30-21-13-23-41-38(30)44(37(35)36(34)40)39-42-32(25-14-5-3-6-15-25)24-33(43-39)26-16-7-4-8-17-26/h3-24H,1-2H3. The average Bonchev–Trinajstić information content (AvgIpc) is 3.55. The Bertz CT molecular complexity index is 2350. The van der Waals surface area contributed by atoms with Crippen LogP contribution in [0.15, 0.2) is 134 Å². The molecule has 0 N–H and O–H groups in total. The fraction of sp³-hybridized carbons (Fsp3) is 0.0750. The minimum Gasteiger partial charge on any atom is -0.261 e. The van der Waals surface area contributed by atoms with E-state index in [1.165, 1.54) is 38.4 Å². The summed E-state index contributed by atoms with van der Waals surface area (Å²) in [6.45, 7) is 4.69. The number of benzene rings is 5. The number of aromatic nitrogens is 4. The number of hydrogen-bond donors (Lipinski definition) is 0. The van der Waals surface area contributed by atoms with Crippen molar-refractivity contribution in [2.45, 2.75) is 19.3 Å². The van der Waals surface area contributed by atoms with Crippen LogP contribution in [0.3, 0.4) is 0 Å². The zero-order valence-electron chi connectivity index (χ0n) is 24.5. The number of nitrogens with zero attached hydrogens (tertiary/aromatic N) is 4. The summed E-state index contributed by atoms with van der Waals surface area (Å²) in [7, 11) is 0. The first-order valence-corrected chi connectivity index (χ1v) is 15.1. The number of hydrogen-bond acceptors (Lipinski definition) is 3. The summed E-state index contributed by atoms with van der Waals surface area (Å²) >= 11 is 0. The minimum atomic E-state index is -0.250. The normalized spacial score (nSPS) is 13.4. The lowest BCUT2D eigenvalue weighted by Gasteiger charge is -2.24. The smallest absolute Gasteiger partial charge is 0.237 e. The lowest BCUT2D eigenvalue weighted by Crippen LogP contribution is -2.17. The van der Waals surface area contributed by atoms with Gasteiger partial charge in [0.1, 0.15) is 5.65 Å². The molecule has 3 aromatic heterocycles. The highest BCUT2D eigenvalue weighted by atomic mass is 15.2. The van der Waals surface area contributed by atoms with Crippen molar-refractivity contribution in [3.05, 3.63) is 145 Å². The molecular formula is C40H28N4. The van der Waals surface area contributed by atoms with Crippen molar-refractivity contribution in [1.29, 1.82) is 0 Å². The summed E-state index contributed by atoms with van der Waals surface area (Å²) in [4.78, 5) is 15.6. The molecule has 4 nitrogen and oxygen atoms in total. The van der Waals surface area contributed by atoms with E-state index in [0.29, 0.717) is 5.95 Å². The largest absolute Gasteiger partial charge is 0.261 e. The Kier molecular flexibility index (Phi) is 5.21. The van der Waals surface area contributed by atoms with Crippen LogP contribution >= 0.6 is 0 Å². The highest BCUT2D eigenvalue weighted by molar-refractivity contribution is 6.26. The molecule has 1 aliphatic carbocycles. The molecule has 4 heteroatoms. The Morgan fingerprint density at radius 2 is 1.18 bits per heavy atom. The molecule has 0 amide bonds. The van der Waals surface area contributed by atoms with Crippen LogP contribution in [0.4, 0.5) is 0 Å². The second-order valence-electron chi connectivity index (χ2n) is 12.1. The lowest BCUT2D eigenvalue weighted by molar-refractivity contribution is 0.663. The molecule has 0 atom stereocenters. The summed E-state index contributed by atoms with van der Waals surface area (Å²) in [6.07, 6.45) is 1.87. The summed E-state index contributed by atoms with van der Waals surface area (Å²) in [5.41, 5.74) is 10.8. The zero-order valence-corrected chi connectivity index (χ0v) is 24.5. The van der Waals surface area contributed by atoms with Crippen LogP contribution in [0.1, 0.15) is 25.0 Å². The molecule has 0 fully saturated rings. The molecule has 3 heterocycles. The third-order valence-corrected chi connectivity index (χ3v) is 9.23. The molecule has 0 bridgehead atoms. The lowest BCUT2D eigenvalue weighted by atomic mass is 9.80.